The van der Waals surface area contributed by atoms with Gasteiger partial charge in [0, 0.05) is 35.8 Å². The predicted octanol–water partition coefficient (Wildman–Crippen LogP) is -1.31. The Morgan fingerprint density at radius 3 is 2.24 bits per heavy atom. The number of guanidine groups is 1. The molecule has 2 rings (SSSR count). The van der Waals surface area contributed by atoms with Gasteiger partial charge in [0.15, 0.2) is 5.96 Å². The number of carbonyl (C=O) groups is 4. The second kappa shape index (κ2) is 17.1. The zero-order valence-electron chi connectivity index (χ0n) is 22.8. The molecule has 1 aromatic heterocycles. The number of thiol groups is 1. The number of nitrogens with zero attached hydrogens (tertiary/aromatic N) is 1. The Morgan fingerprint density at radius 2 is 1.59 bits per heavy atom. The molecular formula is C26H41N9O5S. The number of H-pyrrole nitrogens is 1. The first-order valence-electron chi connectivity index (χ1n) is 13.4. The monoisotopic (exact) mass is 591 g/mol. The van der Waals surface area contributed by atoms with Crippen molar-refractivity contribution in [3.8, 4) is 0 Å². The van der Waals surface area contributed by atoms with Crippen molar-refractivity contribution in [3.05, 3.63) is 36.0 Å². The van der Waals surface area contributed by atoms with E-state index in [4.69, 9.17) is 22.9 Å². The number of benzene rings is 1. The van der Waals surface area contributed by atoms with Gasteiger partial charge in [0.2, 0.25) is 17.7 Å². The maximum absolute atomic E-state index is 13.5. The number of aliphatic imine (C=N–C) groups is 1. The Labute approximate surface area is 243 Å². The summed E-state index contributed by atoms with van der Waals surface area (Å²) < 4.78 is 0. The smallest absolute Gasteiger partial charge is 0.327 e. The summed E-state index contributed by atoms with van der Waals surface area (Å²) in [6, 6.07) is 3.13. The molecule has 13 N–H and O–H groups in total. The third-order valence-corrected chi connectivity index (χ3v) is 6.78. The topological polar surface area (TPSA) is 257 Å². The van der Waals surface area contributed by atoms with Crippen LogP contribution in [0.4, 0.5) is 0 Å². The van der Waals surface area contributed by atoms with Gasteiger partial charge in [-0.3, -0.25) is 19.4 Å². The predicted molar refractivity (Wildman–Crippen MR) is 160 cm³/mol. The van der Waals surface area contributed by atoms with Crippen molar-refractivity contribution >= 4 is 53.2 Å². The van der Waals surface area contributed by atoms with Gasteiger partial charge in [-0.25, -0.2) is 4.79 Å². The van der Waals surface area contributed by atoms with Gasteiger partial charge in [-0.15, -0.1) is 0 Å². The fraction of sp³-hybridized carbons (Fsp3) is 0.500. The molecule has 0 saturated heterocycles. The lowest BCUT2D eigenvalue weighted by Gasteiger charge is -2.25. The summed E-state index contributed by atoms with van der Waals surface area (Å²) in [6.45, 7) is 0.705. The second-order valence-electron chi connectivity index (χ2n) is 9.61. The SMILES string of the molecule is NCCCCC(NC(=O)C(N)CCCN=C(N)N)C(=O)NC(Cc1c[nH]c2ccccc12)C(=O)NC(CS)C(=O)O. The molecule has 15 heteroatoms. The van der Waals surface area contributed by atoms with Crippen molar-refractivity contribution in [3.63, 3.8) is 0 Å². The molecule has 14 nitrogen and oxygen atoms in total. The van der Waals surface area contributed by atoms with E-state index in [-0.39, 0.29) is 31.0 Å². The van der Waals surface area contributed by atoms with Crippen LogP contribution in [0.2, 0.25) is 0 Å². The minimum absolute atomic E-state index is 0.0602. The number of aliphatic carboxylic acids is 1. The van der Waals surface area contributed by atoms with Crippen LogP contribution in [0.5, 0.6) is 0 Å². The third kappa shape index (κ3) is 10.9. The first-order chi connectivity index (χ1) is 19.6. The summed E-state index contributed by atoms with van der Waals surface area (Å²) in [5, 5.41) is 18.1. The van der Waals surface area contributed by atoms with E-state index in [0.717, 1.165) is 16.5 Å². The van der Waals surface area contributed by atoms with Crippen molar-refractivity contribution in [2.75, 3.05) is 18.8 Å². The van der Waals surface area contributed by atoms with Gasteiger partial charge in [0.1, 0.15) is 18.1 Å². The van der Waals surface area contributed by atoms with E-state index in [1.165, 1.54) is 0 Å². The summed E-state index contributed by atoms with van der Waals surface area (Å²) in [4.78, 5) is 58.0. The number of carbonyl (C=O) groups excluding carboxylic acids is 3. The maximum atomic E-state index is 13.5. The number of nitrogens with one attached hydrogen (secondary N) is 4. The quantitative estimate of drug-likeness (QED) is 0.0426. The summed E-state index contributed by atoms with van der Waals surface area (Å²) in [5.74, 6) is -3.31. The lowest BCUT2D eigenvalue weighted by atomic mass is 10.0. The average molecular weight is 592 g/mol. The van der Waals surface area contributed by atoms with Gasteiger partial charge in [-0.1, -0.05) is 18.2 Å². The molecule has 41 heavy (non-hydrogen) atoms. The van der Waals surface area contributed by atoms with Crippen LogP contribution in [0.15, 0.2) is 35.5 Å². The van der Waals surface area contributed by atoms with Crippen LogP contribution >= 0.6 is 12.6 Å². The molecule has 2 aromatic rings. The van der Waals surface area contributed by atoms with Crippen LogP contribution in [-0.4, -0.2) is 82.8 Å². The molecule has 0 fully saturated rings. The van der Waals surface area contributed by atoms with E-state index in [1.54, 1.807) is 6.20 Å². The normalized spacial score (nSPS) is 13.9. The number of para-hydroxylation sites is 1. The lowest BCUT2D eigenvalue weighted by Crippen LogP contribution is -2.57. The first-order valence-corrected chi connectivity index (χ1v) is 14.0. The Hall–Kier alpha value is -3.82. The Bertz CT molecular complexity index is 1200. The van der Waals surface area contributed by atoms with Crippen molar-refractivity contribution in [2.45, 2.75) is 62.7 Å². The highest BCUT2D eigenvalue weighted by Gasteiger charge is 2.30. The Morgan fingerprint density at radius 1 is 0.927 bits per heavy atom. The molecule has 0 radical (unpaired) electrons. The second-order valence-corrected chi connectivity index (χ2v) is 9.97. The van der Waals surface area contributed by atoms with Crippen LogP contribution in [0, 0.1) is 0 Å². The number of carboxylic acid groups (broad SMARTS) is 1. The number of rotatable bonds is 18. The van der Waals surface area contributed by atoms with Gasteiger partial charge < -0.3 is 49.0 Å². The van der Waals surface area contributed by atoms with E-state index in [0.29, 0.717) is 32.4 Å². The number of carboxylic acids is 1. The number of fused-ring (bicyclic) bond motifs is 1. The summed E-state index contributed by atoms with van der Waals surface area (Å²) in [6.07, 6.45) is 3.94. The van der Waals surface area contributed by atoms with Gasteiger partial charge in [0.05, 0.1) is 6.04 Å². The highest BCUT2D eigenvalue weighted by molar-refractivity contribution is 7.80. The van der Waals surface area contributed by atoms with Crippen LogP contribution in [-0.2, 0) is 25.6 Å². The molecule has 1 heterocycles. The third-order valence-electron chi connectivity index (χ3n) is 6.41. The van der Waals surface area contributed by atoms with E-state index in [2.05, 4.69) is 38.6 Å². The fourth-order valence-electron chi connectivity index (χ4n) is 4.15. The van der Waals surface area contributed by atoms with E-state index >= 15 is 0 Å². The molecule has 0 spiro atoms. The number of hydrogen-bond donors (Lipinski definition) is 10. The van der Waals surface area contributed by atoms with E-state index in [1.807, 2.05) is 24.3 Å². The molecule has 0 saturated carbocycles. The molecule has 226 valence electrons. The molecule has 0 bridgehead atoms. The van der Waals surface area contributed by atoms with E-state index in [9.17, 15) is 24.3 Å². The number of aromatic amines is 1. The van der Waals surface area contributed by atoms with Gasteiger partial charge >= 0.3 is 5.97 Å². The zero-order valence-corrected chi connectivity index (χ0v) is 23.7. The number of unbranched alkanes of at least 4 members (excludes halogenated alkanes) is 1. The number of nitrogens with two attached hydrogens (primary N) is 4. The Kier molecular flexibility index (Phi) is 13.9. The summed E-state index contributed by atoms with van der Waals surface area (Å²) >= 11 is 4.01. The minimum atomic E-state index is -1.26. The molecule has 4 unspecified atom stereocenters. The van der Waals surface area contributed by atoms with Crippen LogP contribution in [0.3, 0.4) is 0 Å². The van der Waals surface area contributed by atoms with E-state index < -0.39 is 47.9 Å². The standard InChI is InChI=1S/C26H41N9O5S/c27-10-4-3-9-19(33-22(36)17(28)7-5-11-31-26(29)30)23(37)34-20(24(38)35-21(14-41)25(39)40)12-15-13-32-18-8-2-1-6-16(15)18/h1-2,6,8,13,17,19-21,32,41H,3-5,7,9-12,14,27-28H2,(H,33,36)(H,34,37)(H,35,38)(H,39,40)(H4,29,30,31). The van der Waals surface area contributed by atoms with Crippen LogP contribution < -0.4 is 38.9 Å². The lowest BCUT2D eigenvalue weighted by molar-refractivity contribution is -0.141. The highest BCUT2D eigenvalue weighted by Crippen LogP contribution is 2.19. The maximum Gasteiger partial charge on any atom is 0.327 e. The van der Waals surface area contributed by atoms with Gasteiger partial charge in [-0.05, 0) is 50.3 Å². The van der Waals surface area contributed by atoms with Gasteiger partial charge in [-0.2, -0.15) is 12.6 Å². The molecule has 0 aliphatic carbocycles. The van der Waals surface area contributed by atoms with Crippen LogP contribution in [0.1, 0.15) is 37.7 Å². The molecule has 0 aliphatic heterocycles. The molecule has 4 atom stereocenters. The van der Waals surface area contributed by atoms with Crippen molar-refractivity contribution in [1.82, 2.24) is 20.9 Å². The number of amides is 3. The van der Waals surface area contributed by atoms with Gasteiger partial charge in [0.25, 0.3) is 0 Å². The summed E-state index contributed by atoms with van der Waals surface area (Å²) in [7, 11) is 0. The highest BCUT2D eigenvalue weighted by atomic mass is 32.1. The fourth-order valence-corrected chi connectivity index (χ4v) is 4.40. The molecular weight excluding hydrogens is 550 g/mol. The largest absolute Gasteiger partial charge is 0.480 e. The number of aromatic nitrogens is 1. The number of hydrogen-bond acceptors (Lipinski definition) is 8. The molecule has 0 aliphatic rings. The summed E-state index contributed by atoms with van der Waals surface area (Å²) in [5.41, 5.74) is 23.8. The van der Waals surface area contributed by atoms with Crippen molar-refractivity contribution in [2.24, 2.45) is 27.9 Å². The molecule has 1 aromatic carbocycles. The first kappa shape index (κ1) is 33.4. The Balaban J connectivity index is 2.22. The van der Waals surface area contributed by atoms with Crippen LogP contribution in [0.25, 0.3) is 10.9 Å². The zero-order chi connectivity index (χ0) is 30.4. The minimum Gasteiger partial charge on any atom is -0.480 e. The van der Waals surface area contributed by atoms with Crippen molar-refractivity contribution in [1.29, 1.82) is 0 Å². The molecule has 3 amide bonds. The average Bonchev–Trinajstić information content (AvgIpc) is 3.35. The van der Waals surface area contributed by atoms with Crippen molar-refractivity contribution < 1.29 is 24.3 Å².